The second kappa shape index (κ2) is 9.35. The fourth-order valence-corrected chi connectivity index (χ4v) is 4.71. The number of amides is 1. The van der Waals surface area contributed by atoms with Crippen LogP contribution in [0.4, 0.5) is 0 Å². The van der Waals surface area contributed by atoms with Gasteiger partial charge >= 0.3 is 0 Å². The van der Waals surface area contributed by atoms with Gasteiger partial charge in [-0.3, -0.25) is 4.79 Å². The van der Waals surface area contributed by atoms with Gasteiger partial charge in [-0.1, -0.05) is 42.5 Å². The molecular weight excluding hydrogens is 404 g/mol. The highest BCUT2D eigenvalue weighted by Gasteiger charge is 2.21. The van der Waals surface area contributed by atoms with E-state index < -0.39 is 10.0 Å². The lowest BCUT2D eigenvalue weighted by atomic mass is 10.1. The van der Waals surface area contributed by atoms with Gasteiger partial charge in [-0.05, 0) is 48.6 Å². The van der Waals surface area contributed by atoms with Gasteiger partial charge in [-0.25, -0.2) is 13.1 Å². The summed E-state index contributed by atoms with van der Waals surface area (Å²) in [5.74, 6) is -0.168. The van der Waals surface area contributed by atoms with Gasteiger partial charge in [0.25, 0.3) is 5.91 Å². The Morgan fingerprint density at radius 2 is 1.83 bits per heavy atom. The van der Waals surface area contributed by atoms with Gasteiger partial charge in [0.05, 0.1) is 11.4 Å². The third-order valence-electron chi connectivity index (χ3n) is 4.65. The van der Waals surface area contributed by atoms with Gasteiger partial charge in [-0.2, -0.15) is 0 Å². The molecule has 0 bridgehead atoms. The maximum atomic E-state index is 13.1. The Bertz CT molecular complexity index is 1060. The first kappa shape index (κ1) is 21.2. The van der Waals surface area contributed by atoms with E-state index in [9.17, 15) is 13.2 Å². The second-order valence-electron chi connectivity index (χ2n) is 6.69. The van der Waals surface area contributed by atoms with Crippen molar-refractivity contribution >= 4 is 27.3 Å². The average molecular weight is 429 g/mol. The highest BCUT2D eigenvalue weighted by Crippen LogP contribution is 2.20. The Morgan fingerprint density at radius 3 is 2.48 bits per heavy atom. The van der Waals surface area contributed by atoms with E-state index in [0.717, 1.165) is 16.0 Å². The van der Waals surface area contributed by atoms with E-state index in [0.29, 0.717) is 18.7 Å². The normalized spacial score (nSPS) is 11.4. The molecule has 3 rings (SSSR count). The molecule has 1 amide bonds. The number of sulfonamides is 1. The lowest BCUT2D eigenvalue weighted by Crippen LogP contribution is -2.31. The van der Waals surface area contributed by atoms with Crippen LogP contribution >= 0.6 is 11.3 Å². The summed E-state index contributed by atoms with van der Waals surface area (Å²) in [5.41, 5.74) is 2.03. The molecule has 0 atom stereocenters. The molecule has 0 radical (unpaired) electrons. The molecule has 2 aromatic carbocycles. The maximum Gasteiger partial charge on any atom is 0.254 e. The van der Waals surface area contributed by atoms with Crippen molar-refractivity contribution in [2.45, 2.75) is 31.8 Å². The third kappa shape index (κ3) is 5.32. The summed E-state index contributed by atoms with van der Waals surface area (Å²) in [6.45, 7) is 4.98. The molecular formula is C22H24N2O3S2. The molecule has 5 nitrogen and oxygen atoms in total. The zero-order valence-electron chi connectivity index (χ0n) is 16.5. The Hall–Kier alpha value is -2.48. The first-order valence-corrected chi connectivity index (χ1v) is 11.7. The third-order valence-corrected chi connectivity index (χ3v) is 6.91. The topological polar surface area (TPSA) is 66.5 Å². The van der Waals surface area contributed by atoms with E-state index in [1.807, 2.05) is 61.7 Å². The van der Waals surface area contributed by atoms with Crippen LogP contribution in [0.3, 0.4) is 0 Å². The summed E-state index contributed by atoms with van der Waals surface area (Å²) in [5, 5.41) is 1.98. The molecule has 0 aliphatic heterocycles. The summed E-state index contributed by atoms with van der Waals surface area (Å²) in [6, 6.07) is 18.0. The van der Waals surface area contributed by atoms with Crippen molar-refractivity contribution in [2.24, 2.45) is 0 Å². The fourth-order valence-electron chi connectivity index (χ4n) is 2.94. The van der Waals surface area contributed by atoms with Crippen LogP contribution < -0.4 is 4.72 Å². The van der Waals surface area contributed by atoms with Crippen molar-refractivity contribution in [3.8, 4) is 0 Å². The van der Waals surface area contributed by atoms with Gasteiger partial charge in [0, 0.05) is 23.5 Å². The molecule has 0 fully saturated rings. The highest BCUT2D eigenvalue weighted by molar-refractivity contribution is 7.89. The predicted octanol–water partition coefficient (Wildman–Crippen LogP) is 4.20. The first-order valence-electron chi connectivity index (χ1n) is 9.36. The van der Waals surface area contributed by atoms with Crippen LogP contribution in [0.2, 0.25) is 0 Å². The van der Waals surface area contributed by atoms with E-state index >= 15 is 0 Å². The van der Waals surface area contributed by atoms with Crippen LogP contribution in [-0.4, -0.2) is 25.8 Å². The molecule has 1 heterocycles. The van der Waals surface area contributed by atoms with Crippen LogP contribution in [0.1, 0.15) is 33.3 Å². The number of aryl methyl sites for hydroxylation is 1. The molecule has 0 unspecified atom stereocenters. The molecule has 0 aliphatic carbocycles. The number of rotatable bonds is 8. The van der Waals surface area contributed by atoms with E-state index in [4.69, 9.17) is 0 Å². The molecule has 0 aliphatic rings. The largest absolute Gasteiger partial charge is 0.334 e. The van der Waals surface area contributed by atoms with Gasteiger partial charge in [0.15, 0.2) is 0 Å². The van der Waals surface area contributed by atoms with E-state index in [1.54, 1.807) is 22.3 Å². The standard InChI is InChI=1S/C22H24N2O3S2/c1-3-24(16-19-10-7-13-28-19)22(25)21-14-20(12-11-17(21)2)29(26,27)23-15-18-8-5-4-6-9-18/h4-14,23H,3,15-16H2,1-2H3. The van der Waals surface area contributed by atoms with Crippen molar-refractivity contribution < 1.29 is 13.2 Å². The van der Waals surface area contributed by atoms with Crippen molar-refractivity contribution in [3.63, 3.8) is 0 Å². The van der Waals surface area contributed by atoms with E-state index in [-0.39, 0.29) is 17.3 Å². The van der Waals surface area contributed by atoms with Crippen LogP contribution in [0.25, 0.3) is 0 Å². The van der Waals surface area contributed by atoms with Crippen molar-refractivity contribution in [3.05, 3.63) is 87.6 Å². The molecule has 29 heavy (non-hydrogen) atoms. The molecule has 1 N–H and O–H groups in total. The molecule has 152 valence electrons. The van der Waals surface area contributed by atoms with Crippen LogP contribution in [0.15, 0.2) is 70.9 Å². The van der Waals surface area contributed by atoms with Crippen molar-refractivity contribution in [1.82, 2.24) is 9.62 Å². The zero-order chi connectivity index (χ0) is 20.9. The van der Waals surface area contributed by atoms with Gasteiger partial charge in [0.1, 0.15) is 0 Å². The van der Waals surface area contributed by atoms with Crippen LogP contribution in [0, 0.1) is 6.92 Å². The molecule has 0 saturated carbocycles. The van der Waals surface area contributed by atoms with Gasteiger partial charge < -0.3 is 4.90 Å². The van der Waals surface area contributed by atoms with Crippen LogP contribution in [-0.2, 0) is 23.1 Å². The molecule has 1 aromatic heterocycles. The molecule has 0 saturated heterocycles. The minimum Gasteiger partial charge on any atom is -0.334 e. The number of thiophene rings is 1. The Kier molecular flexibility index (Phi) is 6.84. The number of nitrogens with one attached hydrogen (secondary N) is 1. The fraction of sp³-hybridized carbons (Fsp3) is 0.227. The first-order chi connectivity index (χ1) is 13.9. The number of carbonyl (C=O) groups excluding carboxylic acids is 1. The summed E-state index contributed by atoms with van der Waals surface area (Å²) in [7, 11) is -3.73. The lowest BCUT2D eigenvalue weighted by molar-refractivity contribution is 0.0753. The monoisotopic (exact) mass is 428 g/mol. The Balaban J connectivity index is 1.81. The SMILES string of the molecule is CCN(Cc1cccs1)C(=O)c1cc(S(=O)(=O)NCc2ccccc2)ccc1C. The predicted molar refractivity (Wildman–Crippen MR) is 116 cm³/mol. The lowest BCUT2D eigenvalue weighted by Gasteiger charge is -2.21. The number of hydrogen-bond acceptors (Lipinski definition) is 4. The minimum atomic E-state index is -3.73. The van der Waals surface area contributed by atoms with Crippen LogP contribution in [0.5, 0.6) is 0 Å². The van der Waals surface area contributed by atoms with Gasteiger partial charge in [-0.15, -0.1) is 11.3 Å². The number of hydrogen-bond donors (Lipinski definition) is 1. The molecule has 3 aromatic rings. The quantitative estimate of drug-likeness (QED) is 0.585. The Morgan fingerprint density at radius 1 is 1.07 bits per heavy atom. The summed E-state index contributed by atoms with van der Waals surface area (Å²) in [4.78, 5) is 16.0. The smallest absolute Gasteiger partial charge is 0.254 e. The van der Waals surface area contributed by atoms with E-state index in [2.05, 4.69) is 4.72 Å². The Labute approximate surface area is 176 Å². The van der Waals surface area contributed by atoms with E-state index in [1.165, 1.54) is 12.1 Å². The average Bonchev–Trinajstić information content (AvgIpc) is 3.24. The summed E-state index contributed by atoms with van der Waals surface area (Å²) in [6.07, 6.45) is 0. The van der Waals surface area contributed by atoms with Gasteiger partial charge in [0.2, 0.25) is 10.0 Å². The summed E-state index contributed by atoms with van der Waals surface area (Å²) >= 11 is 1.60. The minimum absolute atomic E-state index is 0.0922. The molecule has 0 spiro atoms. The highest BCUT2D eigenvalue weighted by atomic mass is 32.2. The number of benzene rings is 2. The van der Waals surface area contributed by atoms with Crippen molar-refractivity contribution in [1.29, 1.82) is 0 Å². The zero-order valence-corrected chi connectivity index (χ0v) is 18.1. The van der Waals surface area contributed by atoms with Crippen molar-refractivity contribution in [2.75, 3.05) is 6.54 Å². The maximum absolute atomic E-state index is 13.1. The second-order valence-corrected chi connectivity index (χ2v) is 9.48. The number of nitrogens with zero attached hydrogens (tertiary/aromatic N) is 1. The summed E-state index contributed by atoms with van der Waals surface area (Å²) < 4.78 is 28.1. The molecule has 7 heteroatoms. The number of carbonyl (C=O) groups is 1.